The summed E-state index contributed by atoms with van der Waals surface area (Å²) in [5.74, 6) is 0.973. The summed E-state index contributed by atoms with van der Waals surface area (Å²) >= 11 is 0. The quantitative estimate of drug-likeness (QED) is 0.758. The molecule has 1 saturated heterocycles. The van der Waals surface area contributed by atoms with Crippen molar-refractivity contribution in [2.24, 2.45) is 5.73 Å². The molecule has 1 fully saturated rings. The molecule has 1 aliphatic rings. The first-order valence-electron chi connectivity index (χ1n) is 8.31. The van der Waals surface area contributed by atoms with Crippen molar-refractivity contribution in [3.8, 4) is 5.75 Å². The van der Waals surface area contributed by atoms with Gasteiger partial charge in [-0.1, -0.05) is 19.1 Å². The van der Waals surface area contributed by atoms with Crippen LogP contribution in [0, 0.1) is 0 Å². The van der Waals surface area contributed by atoms with Gasteiger partial charge in [-0.05, 0) is 31.5 Å². The fourth-order valence-corrected chi connectivity index (χ4v) is 2.81. The minimum absolute atomic E-state index is 0.309. The lowest BCUT2D eigenvalue weighted by molar-refractivity contribution is 0.104. The Balaban J connectivity index is 1.88. The molecule has 0 radical (unpaired) electrons. The molecular formula is C17H29N3O2. The van der Waals surface area contributed by atoms with Gasteiger partial charge in [0.2, 0.25) is 0 Å². The number of aliphatic hydroxyl groups is 1. The van der Waals surface area contributed by atoms with Gasteiger partial charge < -0.3 is 20.5 Å². The third-order valence-electron chi connectivity index (χ3n) is 4.01. The van der Waals surface area contributed by atoms with Crippen LogP contribution in [-0.4, -0.2) is 62.0 Å². The molecule has 1 atom stereocenters. The first-order valence-corrected chi connectivity index (χ1v) is 8.31. The average Bonchev–Trinajstić information content (AvgIpc) is 2.54. The van der Waals surface area contributed by atoms with Gasteiger partial charge in [0.05, 0.1) is 18.4 Å². The molecule has 0 amide bonds. The van der Waals surface area contributed by atoms with Crippen LogP contribution in [0.3, 0.4) is 0 Å². The van der Waals surface area contributed by atoms with E-state index in [-0.39, 0.29) is 6.10 Å². The normalized spacial score (nSPS) is 17.5. The molecule has 5 heteroatoms. The molecular weight excluding hydrogens is 278 g/mol. The van der Waals surface area contributed by atoms with E-state index in [1.807, 2.05) is 12.1 Å². The van der Waals surface area contributed by atoms with Crippen molar-refractivity contribution in [1.29, 1.82) is 0 Å². The number of hydrogen-bond donors (Lipinski definition) is 2. The molecule has 3 N–H and O–H groups in total. The van der Waals surface area contributed by atoms with Crippen LogP contribution in [-0.2, 0) is 0 Å². The Hall–Kier alpha value is -1.30. The highest BCUT2D eigenvalue weighted by atomic mass is 16.5. The molecule has 0 saturated carbocycles. The first-order chi connectivity index (χ1) is 10.7. The minimum atomic E-state index is -0.309. The second kappa shape index (κ2) is 8.98. The molecule has 22 heavy (non-hydrogen) atoms. The van der Waals surface area contributed by atoms with E-state index in [0.29, 0.717) is 13.0 Å². The zero-order chi connectivity index (χ0) is 15.8. The lowest BCUT2D eigenvalue weighted by Gasteiger charge is -2.37. The standard InChI is InChI=1S/C17H29N3O2/c1-2-13-22-17-6-4-3-5-16(17)20-11-9-19(10-12-20)14-15(21)7-8-18/h3-6,15,21H,2,7-14,18H2,1H3. The van der Waals surface area contributed by atoms with Crippen LogP contribution >= 0.6 is 0 Å². The van der Waals surface area contributed by atoms with E-state index in [2.05, 4.69) is 28.9 Å². The first kappa shape index (κ1) is 17.1. The van der Waals surface area contributed by atoms with E-state index in [0.717, 1.165) is 51.5 Å². The Bertz CT molecular complexity index is 434. The van der Waals surface area contributed by atoms with Crippen molar-refractivity contribution in [1.82, 2.24) is 4.90 Å². The number of benzene rings is 1. The van der Waals surface area contributed by atoms with E-state index >= 15 is 0 Å². The number of aliphatic hydroxyl groups excluding tert-OH is 1. The molecule has 0 aromatic heterocycles. The summed E-state index contributed by atoms with van der Waals surface area (Å²) < 4.78 is 5.85. The molecule has 1 unspecified atom stereocenters. The molecule has 124 valence electrons. The lowest BCUT2D eigenvalue weighted by Crippen LogP contribution is -2.48. The summed E-state index contributed by atoms with van der Waals surface area (Å²) in [6, 6.07) is 8.26. The summed E-state index contributed by atoms with van der Waals surface area (Å²) in [5.41, 5.74) is 6.67. The zero-order valence-electron chi connectivity index (χ0n) is 13.6. The van der Waals surface area contributed by atoms with E-state index in [1.165, 1.54) is 5.69 Å². The second-order valence-electron chi connectivity index (χ2n) is 5.84. The van der Waals surface area contributed by atoms with Crippen LogP contribution in [0.25, 0.3) is 0 Å². The third kappa shape index (κ3) is 4.87. The highest BCUT2D eigenvalue weighted by molar-refractivity contribution is 5.58. The van der Waals surface area contributed by atoms with Gasteiger partial charge in [-0.2, -0.15) is 0 Å². The number of ether oxygens (including phenoxy) is 1. The fourth-order valence-electron chi connectivity index (χ4n) is 2.81. The maximum absolute atomic E-state index is 9.87. The number of nitrogens with zero attached hydrogens (tertiary/aromatic N) is 2. The summed E-state index contributed by atoms with van der Waals surface area (Å²) in [7, 11) is 0. The third-order valence-corrected chi connectivity index (χ3v) is 4.01. The summed E-state index contributed by atoms with van der Waals surface area (Å²) in [6.07, 6.45) is 1.38. The maximum atomic E-state index is 9.87. The largest absolute Gasteiger partial charge is 0.491 e. The van der Waals surface area contributed by atoms with E-state index in [4.69, 9.17) is 10.5 Å². The number of piperazine rings is 1. The Kier molecular flexibility index (Phi) is 6.96. The van der Waals surface area contributed by atoms with E-state index in [9.17, 15) is 5.11 Å². The highest BCUT2D eigenvalue weighted by Gasteiger charge is 2.21. The van der Waals surface area contributed by atoms with Gasteiger partial charge in [0.15, 0.2) is 0 Å². The summed E-state index contributed by atoms with van der Waals surface area (Å²) in [4.78, 5) is 4.68. The SMILES string of the molecule is CCCOc1ccccc1N1CCN(CC(O)CCN)CC1. The molecule has 5 nitrogen and oxygen atoms in total. The smallest absolute Gasteiger partial charge is 0.142 e. The van der Waals surface area contributed by atoms with Crippen molar-refractivity contribution in [3.63, 3.8) is 0 Å². The van der Waals surface area contributed by atoms with E-state index < -0.39 is 0 Å². The van der Waals surface area contributed by atoms with Crippen molar-refractivity contribution in [2.75, 3.05) is 50.8 Å². The topological polar surface area (TPSA) is 62.0 Å². The van der Waals surface area contributed by atoms with E-state index in [1.54, 1.807) is 0 Å². The maximum Gasteiger partial charge on any atom is 0.142 e. The number of rotatable bonds is 8. The fraction of sp³-hybridized carbons (Fsp3) is 0.647. The molecule has 1 aromatic rings. The van der Waals surface area contributed by atoms with Gasteiger partial charge in [0.25, 0.3) is 0 Å². The Morgan fingerprint density at radius 3 is 2.64 bits per heavy atom. The van der Waals surface area contributed by atoms with Gasteiger partial charge in [0, 0.05) is 32.7 Å². The predicted octanol–water partition coefficient (Wildman–Crippen LogP) is 1.31. The van der Waals surface area contributed by atoms with Crippen molar-refractivity contribution in [2.45, 2.75) is 25.9 Å². The van der Waals surface area contributed by atoms with Crippen LogP contribution in [0.2, 0.25) is 0 Å². The number of anilines is 1. The summed E-state index contributed by atoms with van der Waals surface area (Å²) in [5, 5.41) is 9.87. The number of β-amino-alcohol motifs (C(OH)–C–C–N with tert-alkyl or cyclic N) is 1. The van der Waals surface area contributed by atoms with Crippen LogP contribution < -0.4 is 15.4 Å². The molecule has 1 heterocycles. The van der Waals surface area contributed by atoms with Crippen molar-refractivity contribution >= 4 is 5.69 Å². The van der Waals surface area contributed by atoms with Gasteiger partial charge in [0.1, 0.15) is 5.75 Å². The second-order valence-corrected chi connectivity index (χ2v) is 5.84. The van der Waals surface area contributed by atoms with Gasteiger partial charge in [-0.3, -0.25) is 4.90 Å². The predicted molar refractivity (Wildman–Crippen MR) is 90.6 cm³/mol. The molecule has 0 aliphatic carbocycles. The van der Waals surface area contributed by atoms with Gasteiger partial charge >= 0.3 is 0 Å². The Morgan fingerprint density at radius 1 is 1.23 bits per heavy atom. The monoisotopic (exact) mass is 307 g/mol. The molecule has 1 aliphatic heterocycles. The zero-order valence-corrected chi connectivity index (χ0v) is 13.6. The summed E-state index contributed by atoms with van der Waals surface area (Å²) in [6.45, 7) is 7.98. The van der Waals surface area contributed by atoms with Crippen LogP contribution in [0.4, 0.5) is 5.69 Å². The minimum Gasteiger partial charge on any atom is -0.491 e. The van der Waals surface area contributed by atoms with Crippen LogP contribution in [0.5, 0.6) is 5.75 Å². The number of hydrogen-bond acceptors (Lipinski definition) is 5. The lowest BCUT2D eigenvalue weighted by atomic mass is 10.2. The average molecular weight is 307 g/mol. The van der Waals surface area contributed by atoms with Crippen LogP contribution in [0.15, 0.2) is 24.3 Å². The Morgan fingerprint density at radius 2 is 1.95 bits per heavy atom. The highest BCUT2D eigenvalue weighted by Crippen LogP contribution is 2.29. The van der Waals surface area contributed by atoms with Crippen molar-refractivity contribution in [3.05, 3.63) is 24.3 Å². The van der Waals surface area contributed by atoms with Gasteiger partial charge in [-0.15, -0.1) is 0 Å². The number of nitrogens with two attached hydrogens (primary N) is 1. The molecule has 0 spiro atoms. The Labute approximate surface area is 133 Å². The molecule has 0 bridgehead atoms. The number of para-hydroxylation sites is 2. The molecule has 1 aromatic carbocycles. The molecule has 2 rings (SSSR count). The van der Waals surface area contributed by atoms with Crippen LogP contribution in [0.1, 0.15) is 19.8 Å². The van der Waals surface area contributed by atoms with Gasteiger partial charge in [-0.25, -0.2) is 0 Å². The van der Waals surface area contributed by atoms with Crippen molar-refractivity contribution < 1.29 is 9.84 Å².